The number of carbonyl (C=O) groups excluding carboxylic acids is 1. The van der Waals surface area contributed by atoms with Crippen LogP contribution < -0.4 is 16.1 Å². The van der Waals surface area contributed by atoms with Gasteiger partial charge >= 0.3 is 5.69 Å². The van der Waals surface area contributed by atoms with Gasteiger partial charge in [0, 0.05) is 11.5 Å². The average Bonchev–Trinajstić information content (AvgIpc) is 2.41. The van der Waals surface area contributed by atoms with Crippen LogP contribution in [0.2, 0.25) is 0 Å². The highest BCUT2D eigenvalue weighted by molar-refractivity contribution is 7.91. The fourth-order valence-corrected chi connectivity index (χ4v) is 2.69. The minimum atomic E-state index is -3.81. The molecule has 1 heterocycles. The quantitative estimate of drug-likeness (QED) is 0.779. The van der Waals surface area contributed by atoms with Crippen molar-refractivity contribution in [1.82, 2.24) is 9.66 Å². The number of Topliss-reactive ketones (excluding diaryl/α,β-unsaturated/α-hetero) is 1. The van der Waals surface area contributed by atoms with Crippen molar-refractivity contribution in [3.8, 4) is 0 Å². The minimum Gasteiger partial charge on any atom is -0.305 e. The van der Waals surface area contributed by atoms with E-state index in [1.807, 2.05) is 4.83 Å². The average molecular weight is 339 g/mol. The van der Waals surface area contributed by atoms with Crippen LogP contribution in [0, 0.1) is 12.8 Å². The number of hydrogen-bond donors (Lipinski definition) is 2. The number of rotatable bonds is 4. The predicted octanol–water partition coefficient (Wildman–Crippen LogP) is 0.340. The number of benzene rings is 1. The van der Waals surface area contributed by atoms with Crippen LogP contribution in [0.25, 0.3) is 10.9 Å². The first-order chi connectivity index (χ1) is 10.5. The lowest BCUT2D eigenvalue weighted by atomic mass is 9.95. The number of carbonyl (C=O) groups is 1. The molecule has 0 spiro atoms. The number of ketones is 1. The van der Waals surface area contributed by atoms with Crippen molar-refractivity contribution in [3.05, 3.63) is 44.1 Å². The van der Waals surface area contributed by atoms with Crippen molar-refractivity contribution < 1.29 is 13.2 Å². The molecule has 0 atom stereocenters. The van der Waals surface area contributed by atoms with Crippen LogP contribution in [0.15, 0.2) is 21.7 Å². The summed E-state index contributed by atoms with van der Waals surface area (Å²) in [6, 6.07) is 2.91. The van der Waals surface area contributed by atoms with Crippen LogP contribution in [-0.4, -0.2) is 30.1 Å². The van der Waals surface area contributed by atoms with E-state index < -0.39 is 21.3 Å². The van der Waals surface area contributed by atoms with Gasteiger partial charge in [-0.25, -0.2) is 18.0 Å². The van der Waals surface area contributed by atoms with Crippen LogP contribution in [0.1, 0.15) is 29.8 Å². The Morgan fingerprint density at radius 1 is 1.26 bits per heavy atom. The first kappa shape index (κ1) is 16.9. The molecule has 2 rings (SSSR count). The molecule has 0 aliphatic carbocycles. The molecule has 0 amide bonds. The van der Waals surface area contributed by atoms with Gasteiger partial charge in [-0.3, -0.25) is 9.59 Å². The van der Waals surface area contributed by atoms with Gasteiger partial charge in [0.1, 0.15) is 0 Å². The highest BCUT2D eigenvalue weighted by Crippen LogP contribution is 2.18. The van der Waals surface area contributed by atoms with Crippen molar-refractivity contribution >= 4 is 26.7 Å². The molecule has 0 radical (unpaired) electrons. The summed E-state index contributed by atoms with van der Waals surface area (Å²) in [4.78, 5) is 40.8. The maximum Gasteiger partial charge on any atom is 0.348 e. The first-order valence-electron chi connectivity index (χ1n) is 6.83. The zero-order chi connectivity index (χ0) is 17.5. The molecule has 0 saturated carbocycles. The summed E-state index contributed by atoms with van der Waals surface area (Å²) in [6.07, 6.45) is 0.825. The SMILES string of the molecule is Cc1cc2[nH]c(=O)n(NS(C)(=O)=O)c(=O)c2cc1C(=O)C(C)C. The van der Waals surface area contributed by atoms with E-state index in [0.29, 0.717) is 15.8 Å². The second-order valence-electron chi connectivity index (χ2n) is 5.67. The normalized spacial score (nSPS) is 11.9. The zero-order valence-electron chi connectivity index (χ0n) is 13.1. The van der Waals surface area contributed by atoms with Gasteiger partial charge in [-0.15, -0.1) is 0 Å². The van der Waals surface area contributed by atoms with Crippen molar-refractivity contribution in [2.45, 2.75) is 20.8 Å². The Labute approximate surface area is 132 Å². The fourth-order valence-electron chi connectivity index (χ4n) is 2.20. The molecule has 1 aromatic heterocycles. The summed E-state index contributed by atoms with van der Waals surface area (Å²) < 4.78 is 22.9. The number of hydrogen-bond acceptors (Lipinski definition) is 5. The fraction of sp³-hybridized carbons (Fsp3) is 0.357. The van der Waals surface area contributed by atoms with Crippen LogP contribution in [-0.2, 0) is 10.0 Å². The van der Waals surface area contributed by atoms with Crippen molar-refractivity contribution in [3.63, 3.8) is 0 Å². The number of sulfonamides is 1. The van der Waals surface area contributed by atoms with Gasteiger partial charge in [0.05, 0.1) is 17.2 Å². The largest absolute Gasteiger partial charge is 0.348 e. The predicted molar refractivity (Wildman–Crippen MR) is 86.9 cm³/mol. The number of aromatic amines is 1. The summed E-state index contributed by atoms with van der Waals surface area (Å²) in [5.74, 6) is -0.400. The topological polar surface area (TPSA) is 118 Å². The van der Waals surface area contributed by atoms with Crippen molar-refractivity contribution in [2.24, 2.45) is 5.92 Å². The van der Waals surface area contributed by atoms with E-state index >= 15 is 0 Å². The molecular weight excluding hydrogens is 322 g/mol. The summed E-state index contributed by atoms with van der Waals surface area (Å²) in [7, 11) is -3.81. The monoisotopic (exact) mass is 339 g/mol. The molecule has 23 heavy (non-hydrogen) atoms. The lowest BCUT2D eigenvalue weighted by Gasteiger charge is -2.11. The molecule has 0 saturated heterocycles. The van der Waals surface area contributed by atoms with E-state index in [1.54, 1.807) is 20.8 Å². The summed E-state index contributed by atoms with van der Waals surface area (Å²) >= 11 is 0. The Morgan fingerprint density at radius 2 is 1.87 bits per heavy atom. The van der Waals surface area contributed by atoms with Crippen LogP contribution in [0.4, 0.5) is 0 Å². The third-order valence-corrected chi connectivity index (χ3v) is 3.80. The number of fused-ring (bicyclic) bond motifs is 1. The van der Waals surface area contributed by atoms with E-state index in [1.165, 1.54) is 12.1 Å². The number of nitrogens with one attached hydrogen (secondary N) is 2. The minimum absolute atomic E-state index is 0.0513. The number of aryl methyl sites for hydroxylation is 1. The first-order valence-corrected chi connectivity index (χ1v) is 8.72. The maximum absolute atomic E-state index is 12.4. The molecule has 8 nitrogen and oxygen atoms in total. The van der Waals surface area contributed by atoms with E-state index in [9.17, 15) is 22.8 Å². The zero-order valence-corrected chi connectivity index (χ0v) is 13.9. The van der Waals surface area contributed by atoms with Gasteiger partial charge in [-0.1, -0.05) is 13.8 Å². The molecule has 1 aromatic carbocycles. The van der Waals surface area contributed by atoms with E-state index in [4.69, 9.17) is 0 Å². The Bertz CT molecular complexity index is 1020. The lowest BCUT2D eigenvalue weighted by molar-refractivity contribution is 0.0939. The molecule has 2 N–H and O–H groups in total. The van der Waals surface area contributed by atoms with Crippen LogP contribution in [0.3, 0.4) is 0 Å². The molecule has 0 bridgehead atoms. The highest BCUT2D eigenvalue weighted by Gasteiger charge is 2.17. The van der Waals surface area contributed by atoms with Gasteiger partial charge in [0.2, 0.25) is 10.0 Å². The van der Waals surface area contributed by atoms with Crippen LogP contribution in [0.5, 0.6) is 0 Å². The molecule has 2 aromatic rings. The molecule has 0 aliphatic heterocycles. The van der Waals surface area contributed by atoms with Crippen LogP contribution >= 0.6 is 0 Å². The van der Waals surface area contributed by atoms with Gasteiger partial charge in [-0.05, 0) is 24.6 Å². The molecule has 0 unspecified atom stereocenters. The van der Waals surface area contributed by atoms with Crippen molar-refractivity contribution in [2.75, 3.05) is 11.1 Å². The number of aromatic nitrogens is 2. The number of H-pyrrole nitrogens is 1. The van der Waals surface area contributed by atoms with E-state index in [2.05, 4.69) is 4.98 Å². The smallest absolute Gasteiger partial charge is 0.305 e. The highest BCUT2D eigenvalue weighted by atomic mass is 32.2. The summed E-state index contributed by atoms with van der Waals surface area (Å²) in [6.45, 7) is 5.18. The van der Waals surface area contributed by atoms with E-state index in [-0.39, 0.29) is 22.6 Å². The molecular formula is C14H17N3O5S. The standard InChI is InChI=1S/C14H17N3O5S/c1-7(2)12(18)9-6-10-11(5-8(9)3)15-14(20)17(13(10)19)16-23(4,21)22/h5-7,16H,1-4H3,(H,15,20). The summed E-state index contributed by atoms with van der Waals surface area (Å²) in [5.41, 5.74) is -0.519. The molecule has 0 aliphatic rings. The molecule has 124 valence electrons. The Hall–Kier alpha value is -2.42. The third-order valence-electron chi connectivity index (χ3n) is 3.29. The second-order valence-corrected chi connectivity index (χ2v) is 7.39. The summed E-state index contributed by atoms with van der Waals surface area (Å²) in [5, 5.41) is 0.0513. The Morgan fingerprint density at radius 3 is 2.39 bits per heavy atom. The lowest BCUT2D eigenvalue weighted by Crippen LogP contribution is -2.43. The van der Waals surface area contributed by atoms with Gasteiger partial charge in [0.15, 0.2) is 5.78 Å². The van der Waals surface area contributed by atoms with Gasteiger partial charge < -0.3 is 4.98 Å². The molecule has 0 fully saturated rings. The van der Waals surface area contributed by atoms with Gasteiger partial charge in [-0.2, -0.15) is 4.68 Å². The third kappa shape index (κ3) is 3.34. The van der Waals surface area contributed by atoms with E-state index in [0.717, 1.165) is 6.26 Å². The van der Waals surface area contributed by atoms with Gasteiger partial charge in [0.25, 0.3) is 5.56 Å². The molecule has 9 heteroatoms. The second kappa shape index (κ2) is 5.65. The maximum atomic E-state index is 12.4. The Kier molecular flexibility index (Phi) is 4.16. The number of nitrogens with zero attached hydrogens (tertiary/aromatic N) is 1. The van der Waals surface area contributed by atoms with Crippen molar-refractivity contribution in [1.29, 1.82) is 0 Å². The Balaban J connectivity index is 2.82.